The maximum atomic E-state index is 12.4. The third-order valence-electron chi connectivity index (χ3n) is 2.77. The fraction of sp³-hybridized carbons (Fsp3) is 0.500. The SMILES string of the molecule is CCN(CC)c1ccc([C@@H](N)C(F)F)c(O)c1. The zero-order valence-corrected chi connectivity index (χ0v) is 10.0. The predicted octanol–water partition coefficient (Wildman–Crippen LogP) is 2.50. The van der Waals surface area contributed by atoms with Crippen LogP contribution < -0.4 is 10.6 Å². The molecule has 0 heterocycles. The van der Waals surface area contributed by atoms with Crippen LogP contribution in [0.15, 0.2) is 18.2 Å². The quantitative estimate of drug-likeness (QED) is 0.836. The van der Waals surface area contributed by atoms with Gasteiger partial charge in [-0.3, -0.25) is 0 Å². The Labute approximate surface area is 99.8 Å². The highest BCUT2D eigenvalue weighted by Crippen LogP contribution is 2.30. The third-order valence-corrected chi connectivity index (χ3v) is 2.77. The van der Waals surface area contributed by atoms with Gasteiger partial charge in [-0.25, -0.2) is 8.78 Å². The van der Waals surface area contributed by atoms with Crippen molar-refractivity contribution in [1.29, 1.82) is 0 Å². The van der Waals surface area contributed by atoms with Crippen LogP contribution in [0.2, 0.25) is 0 Å². The van der Waals surface area contributed by atoms with Gasteiger partial charge in [0.2, 0.25) is 0 Å². The first kappa shape index (κ1) is 13.7. The molecule has 1 aromatic carbocycles. The summed E-state index contributed by atoms with van der Waals surface area (Å²) in [6.07, 6.45) is -2.68. The Hall–Kier alpha value is -1.36. The second-order valence-electron chi connectivity index (χ2n) is 3.78. The van der Waals surface area contributed by atoms with E-state index in [0.717, 1.165) is 18.8 Å². The molecular weight excluding hydrogens is 226 g/mol. The molecule has 96 valence electrons. The highest BCUT2D eigenvalue weighted by atomic mass is 19.3. The molecule has 0 bridgehead atoms. The van der Waals surface area contributed by atoms with Crippen molar-refractivity contribution in [1.82, 2.24) is 0 Å². The molecule has 0 saturated heterocycles. The van der Waals surface area contributed by atoms with E-state index in [9.17, 15) is 13.9 Å². The van der Waals surface area contributed by atoms with Crippen molar-refractivity contribution in [3.63, 3.8) is 0 Å². The minimum absolute atomic E-state index is 0.0795. The molecule has 0 unspecified atom stereocenters. The molecule has 1 rings (SSSR count). The Balaban J connectivity index is 3.01. The molecule has 0 spiro atoms. The maximum absolute atomic E-state index is 12.4. The summed E-state index contributed by atoms with van der Waals surface area (Å²) in [6, 6.07) is 3.19. The molecule has 0 radical (unpaired) electrons. The van der Waals surface area contributed by atoms with Gasteiger partial charge in [0.05, 0.1) is 6.04 Å². The van der Waals surface area contributed by atoms with Crippen molar-refractivity contribution in [2.75, 3.05) is 18.0 Å². The minimum Gasteiger partial charge on any atom is -0.508 e. The number of hydrogen-bond acceptors (Lipinski definition) is 3. The van der Waals surface area contributed by atoms with Crippen molar-refractivity contribution in [3.05, 3.63) is 23.8 Å². The van der Waals surface area contributed by atoms with Crippen molar-refractivity contribution in [3.8, 4) is 5.75 Å². The van der Waals surface area contributed by atoms with E-state index in [2.05, 4.69) is 0 Å². The Morgan fingerprint density at radius 1 is 1.29 bits per heavy atom. The van der Waals surface area contributed by atoms with E-state index in [1.54, 1.807) is 6.07 Å². The van der Waals surface area contributed by atoms with Crippen LogP contribution in [0.5, 0.6) is 5.75 Å². The monoisotopic (exact) mass is 244 g/mol. The summed E-state index contributed by atoms with van der Waals surface area (Å²) in [5.74, 6) is -0.179. The van der Waals surface area contributed by atoms with Gasteiger partial charge in [0.25, 0.3) is 6.43 Å². The number of phenols is 1. The van der Waals surface area contributed by atoms with E-state index < -0.39 is 12.5 Å². The highest BCUT2D eigenvalue weighted by molar-refractivity contribution is 5.54. The molecule has 0 aliphatic rings. The van der Waals surface area contributed by atoms with Crippen LogP contribution in [-0.2, 0) is 0 Å². The average molecular weight is 244 g/mol. The molecule has 1 aromatic rings. The smallest absolute Gasteiger partial charge is 0.257 e. The summed E-state index contributed by atoms with van der Waals surface area (Å²) in [7, 11) is 0. The lowest BCUT2D eigenvalue weighted by Crippen LogP contribution is -2.22. The number of hydrogen-bond donors (Lipinski definition) is 2. The van der Waals surface area contributed by atoms with E-state index in [4.69, 9.17) is 5.73 Å². The number of anilines is 1. The topological polar surface area (TPSA) is 49.5 Å². The second kappa shape index (κ2) is 5.82. The van der Waals surface area contributed by atoms with Crippen LogP contribution in [0.3, 0.4) is 0 Å². The lowest BCUT2D eigenvalue weighted by atomic mass is 10.1. The maximum Gasteiger partial charge on any atom is 0.257 e. The van der Waals surface area contributed by atoms with Crippen LogP contribution in [0.1, 0.15) is 25.5 Å². The summed E-state index contributed by atoms with van der Waals surface area (Å²) in [5, 5.41) is 9.71. The molecule has 5 heteroatoms. The molecule has 3 N–H and O–H groups in total. The molecule has 0 saturated carbocycles. The minimum atomic E-state index is -2.68. The molecular formula is C12H18F2N2O. The first-order chi connectivity index (χ1) is 8.01. The zero-order chi connectivity index (χ0) is 13.0. The molecule has 0 aliphatic heterocycles. The standard InChI is InChI=1S/C12H18F2N2O/c1-3-16(4-2)8-5-6-9(10(17)7-8)11(15)12(13)14/h5-7,11-12,17H,3-4,15H2,1-2H3/t11-/m1/s1. The summed E-state index contributed by atoms with van der Waals surface area (Å²) < 4.78 is 24.9. The highest BCUT2D eigenvalue weighted by Gasteiger charge is 2.21. The number of halogens is 2. The number of benzene rings is 1. The molecule has 0 aliphatic carbocycles. The van der Waals surface area contributed by atoms with E-state index >= 15 is 0 Å². The molecule has 1 atom stereocenters. The van der Waals surface area contributed by atoms with Crippen LogP contribution in [0.25, 0.3) is 0 Å². The van der Waals surface area contributed by atoms with Crippen molar-refractivity contribution < 1.29 is 13.9 Å². The number of alkyl halides is 2. The number of phenolic OH excluding ortho intramolecular Hbond substituents is 1. The van der Waals surface area contributed by atoms with E-state index in [1.165, 1.54) is 12.1 Å². The summed E-state index contributed by atoms with van der Waals surface area (Å²) in [5.41, 5.74) is 6.19. The zero-order valence-electron chi connectivity index (χ0n) is 10.0. The predicted molar refractivity (Wildman–Crippen MR) is 64.6 cm³/mol. The molecule has 0 aromatic heterocycles. The first-order valence-electron chi connectivity index (χ1n) is 5.62. The second-order valence-corrected chi connectivity index (χ2v) is 3.78. The van der Waals surface area contributed by atoms with Crippen LogP contribution in [-0.4, -0.2) is 24.6 Å². The fourth-order valence-electron chi connectivity index (χ4n) is 1.74. The molecule has 17 heavy (non-hydrogen) atoms. The molecule has 0 fully saturated rings. The van der Waals surface area contributed by atoms with Crippen molar-refractivity contribution in [2.45, 2.75) is 26.3 Å². The Morgan fingerprint density at radius 2 is 1.88 bits per heavy atom. The van der Waals surface area contributed by atoms with E-state index in [1.807, 2.05) is 18.7 Å². The summed E-state index contributed by atoms with van der Waals surface area (Å²) >= 11 is 0. The Morgan fingerprint density at radius 3 is 2.29 bits per heavy atom. The number of nitrogens with zero attached hydrogens (tertiary/aromatic N) is 1. The van der Waals surface area contributed by atoms with Gasteiger partial charge in [0, 0.05) is 30.4 Å². The van der Waals surface area contributed by atoms with Gasteiger partial charge in [-0.1, -0.05) is 6.07 Å². The van der Waals surface area contributed by atoms with Crippen molar-refractivity contribution in [2.24, 2.45) is 5.73 Å². The Kier molecular flexibility index (Phi) is 4.69. The summed E-state index contributed by atoms with van der Waals surface area (Å²) in [4.78, 5) is 2.01. The first-order valence-corrected chi connectivity index (χ1v) is 5.62. The van der Waals surface area contributed by atoms with E-state index in [-0.39, 0.29) is 11.3 Å². The van der Waals surface area contributed by atoms with Crippen LogP contribution in [0.4, 0.5) is 14.5 Å². The number of aromatic hydroxyl groups is 1. The van der Waals surface area contributed by atoms with Crippen molar-refractivity contribution >= 4 is 5.69 Å². The van der Waals surface area contributed by atoms with Gasteiger partial charge < -0.3 is 15.7 Å². The fourth-order valence-corrected chi connectivity index (χ4v) is 1.74. The van der Waals surface area contributed by atoms with E-state index in [0.29, 0.717) is 0 Å². The average Bonchev–Trinajstić information content (AvgIpc) is 2.30. The largest absolute Gasteiger partial charge is 0.508 e. The number of rotatable bonds is 5. The normalized spacial score (nSPS) is 12.8. The molecule has 0 amide bonds. The molecule has 3 nitrogen and oxygen atoms in total. The van der Waals surface area contributed by atoms with Gasteiger partial charge in [-0.15, -0.1) is 0 Å². The van der Waals surface area contributed by atoms with Gasteiger partial charge in [-0.05, 0) is 19.9 Å². The summed E-state index contributed by atoms with van der Waals surface area (Å²) in [6.45, 7) is 5.55. The number of nitrogens with two attached hydrogens (primary N) is 1. The van der Waals surface area contributed by atoms with Crippen LogP contribution in [0, 0.1) is 0 Å². The van der Waals surface area contributed by atoms with Gasteiger partial charge >= 0.3 is 0 Å². The van der Waals surface area contributed by atoms with Gasteiger partial charge in [0.1, 0.15) is 5.75 Å². The van der Waals surface area contributed by atoms with Gasteiger partial charge in [-0.2, -0.15) is 0 Å². The van der Waals surface area contributed by atoms with Gasteiger partial charge in [0.15, 0.2) is 0 Å². The lowest BCUT2D eigenvalue weighted by molar-refractivity contribution is 0.115. The Bertz CT molecular complexity index is 368. The third kappa shape index (κ3) is 3.06. The lowest BCUT2D eigenvalue weighted by Gasteiger charge is -2.22. The van der Waals surface area contributed by atoms with Crippen LogP contribution >= 0.6 is 0 Å².